The molecule has 1 aromatic carbocycles. The largest absolute Gasteiger partial charge is 0.497 e. The smallest absolute Gasteiger partial charge is 0.339 e. The van der Waals surface area contributed by atoms with E-state index < -0.39 is 5.97 Å². The lowest BCUT2D eigenvalue weighted by Gasteiger charge is -2.09. The lowest BCUT2D eigenvalue weighted by atomic mass is 10.1. The third kappa shape index (κ3) is 6.04. The van der Waals surface area contributed by atoms with Crippen molar-refractivity contribution in [2.24, 2.45) is 0 Å². The molecular formula is C18H24O4. The fourth-order valence-corrected chi connectivity index (χ4v) is 1.89. The minimum Gasteiger partial charge on any atom is -0.497 e. The molecule has 0 aromatic heterocycles. The van der Waals surface area contributed by atoms with Crippen molar-refractivity contribution in [3.8, 4) is 11.5 Å². The van der Waals surface area contributed by atoms with Crippen LogP contribution in [0.25, 0.3) is 0 Å². The summed E-state index contributed by atoms with van der Waals surface area (Å²) in [6.07, 6.45) is 6.16. The Morgan fingerprint density at radius 2 is 1.95 bits per heavy atom. The third-order valence-electron chi connectivity index (χ3n) is 3.18. The van der Waals surface area contributed by atoms with Gasteiger partial charge >= 0.3 is 5.97 Å². The van der Waals surface area contributed by atoms with E-state index in [1.54, 1.807) is 12.1 Å². The Hall–Kier alpha value is -2.23. The number of aromatic carboxylic acids is 1. The summed E-state index contributed by atoms with van der Waals surface area (Å²) >= 11 is 0. The summed E-state index contributed by atoms with van der Waals surface area (Å²) in [5, 5.41) is 9.20. The lowest BCUT2D eigenvalue weighted by Crippen LogP contribution is -2.04. The number of methoxy groups -OCH3 is 1. The zero-order chi connectivity index (χ0) is 16.5. The van der Waals surface area contributed by atoms with E-state index in [2.05, 4.69) is 19.9 Å². The van der Waals surface area contributed by atoms with Crippen LogP contribution in [0, 0.1) is 0 Å². The summed E-state index contributed by atoms with van der Waals surface area (Å²) in [6.45, 7) is 6.57. The van der Waals surface area contributed by atoms with Crippen LogP contribution in [0.4, 0.5) is 0 Å². The topological polar surface area (TPSA) is 55.8 Å². The molecule has 0 aliphatic rings. The number of benzene rings is 1. The fraction of sp³-hybridized carbons (Fsp3) is 0.389. The monoisotopic (exact) mass is 304 g/mol. The average molecular weight is 304 g/mol. The zero-order valence-electron chi connectivity index (χ0n) is 13.7. The molecule has 0 saturated heterocycles. The maximum absolute atomic E-state index is 11.2. The standard InChI is InChI=1S/C18H24O4/c1-13(2)6-5-7-14(3)10-11-22-17-9-8-15(21-4)12-16(17)18(19)20/h6,8-10,12H,5,7,11H2,1-4H3,(H,19,20)/b14-10+. The highest BCUT2D eigenvalue weighted by atomic mass is 16.5. The maximum Gasteiger partial charge on any atom is 0.339 e. The van der Waals surface area contributed by atoms with Crippen molar-refractivity contribution < 1.29 is 19.4 Å². The van der Waals surface area contributed by atoms with Crippen molar-refractivity contribution in [1.82, 2.24) is 0 Å². The summed E-state index contributed by atoms with van der Waals surface area (Å²) < 4.78 is 10.6. The van der Waals surface area contributed by atoms with Gasteiger partial charge in [0.15, 0.2) is 0 Å². The van der Waals surface area contributed by atoms with Crippen LogP contribution < -0.4 is 9.47 Å². The molecule has 0 aliphatic carbocycles. The first-order valence-corrected chi connectivity index (χ1v) is 7.27. The SMILES string of the molecule is COc1ccc(OC/C=C(\C)CCC=C(C)C)c(C(=O)O)c1. The van der Waals surface area contributed by atoms with Gasteiger partial charge in [0.05, 0.1) is 7.11 Å². The second-order valence-electron chi connectivity index (χ2n) is 5.35. The number of carbonyl (C=O) groups is 1. The maximum atomic E-state index is 11.2. The molecule has 0 unspecified atom stereocenters. The molecule has 0 spiro atoms. The number of ether oxygens (including phenoxy) is 2. The van der Waals surface area contributed by atoms with Crippen LogP contribution in [0.3, 0.4) is 0 Å². The molecule has 4 nitrogen and oxygen atoms in total. The first-order chi connectivity index (χ1) is 10.4. The molecule has 0 amide bonds. The number of hydrogen-bond acceptors (Lipinski definition) is 3. The molecule has 1 rings (SSSR count). The van der Waals surface area contributed by atoms with Crippen molar-refractivity contribution in [3.05, 3.63) is 47.1 Å². The summed E-state index contributed by atoms with van der Waals surface area (Å²) in [5.74, 6) is -0.182. The van der Waals surface area contributed by atoms with Crippen molar-refractivity contribution in [2.75, 3.05) is 13.7 Å². The van der Waals surface area contributed by atoms with E-state index in [0.29, 0.717) is 18.1 Å². The van der Waals surface area contributed by atoms with Crippen LogP contribution in [0.5, 0.6) is 11.5 Å². The van der Waals surface area contributed by atoms with Crippen LogP contribution in [0.15, 0.2) is 41.5 Å². The Balaban J connectivity index is 2.64. The molecule has 0 heterocycles. The van der Waals surface area contributed by atoms with E-state index in [9.17, 15) is 9.90 Å². The number of carboxylic acids is 1. The minimum absolute atomic E-state index is 0.106. The summed E-state index contributed by atoms with van der Waals surface area (Å²) in [4.78, 5) is 11.2. The molecule has 22 heavy (non-hydrogen) atoms. The Morgan fingerprint density at radius 3 is 2.55 bits per heavy atom. The summed E-state index contributed by atoms with van der Waals surface area (Å²) in [7, 11) is 1.50. The molecule has 0 radical (unpaired) electrons. The first-order valence-electron chi connectivity index (χ1n) is 7.27. The van der Waals surface area contributed by atoms with Gasteiger partial charge in [0.2, 0.25) is 0 Å². The second kappa shape index (κ2) is 8.93. The number of hydrogen-bond donors (Lipinski definition) is 1. The molecule has 120 valence electrons. The molecule has 0 fully saturated rings. The van der Waals surface area contributed by atoms with E-state index in [1.807, 2.05) is 13.0 Å². The van der Waals surface area contributed by atoms with Crippen LogP contribution in [-0.2, 0) is 0 Å². The summed E-state index contributed by atoms with van der Waals surface area (Å²) in [6, 6.07) is 4.77. The van der Waals surface area contributed by atoms with Gasteiger partial charge in [-0.2, -0.15) is 0 Å². The Labute approximate surface area is 132 Å². The van der Waals surface area contributed by atoms with Gasteiger partial charge in [-0.15, -0.1) is 0 Å². The van der Waals surface area contributed by atoms with Gasteiger partial charge in [0, 0.05) is 0 Å². The van der Waals surface area contributed by atoms with Crippen LogP contribution >= 0.6 is 0 Å². The highest BCUT2D eigenvalue weighted by Gasteiger charge is 2.12. The van der Waals surface area contributed by atoms with Gasteiger partial charge in [-0.25, -0.2) is 4.79 Å². The fourth-order valence-electron chi connectivity index (χ4n) is 1.89. The molecule has 1 N–H and O–H groups in total. The molecule has 4 heteroatoms. The highest BCUT2D eigenvalue weighted by Crippen LogP contribution is 2.24. The molecule has 0 bridgehead atoms. The Bertz CT molecular complexity index is 566. The zero-order valence-corrected chi connectivity index (χ0v) is 13.7. The van der Waals surface area contributed by atoms with Gasteiger partial charge in [-0.1, -0.05) is 17.2 Å². The van der Waals surface area contributed by atoms with Crippen molar-refractivity contribution in [1.29, 1.82) is 0 Å². The van der Waals surface area contributed by atoms with Gasteiger partial charge < -0.3 is 14.6 Å². The van der Waals surface area contributed by atoms with Gasteiger partial charge in [-0.05, 0) is 57.9 Å². The number of allylic oxidation sites excluding steroid dienone is 3. The average Bonchev–Trinajstić information content (AvgIpc) is 2.46. The Morgan fingerprint density at radius 1 is 1.23 bits per heavy atom. The van der Waals surface area contributed by atoms with Crippen LogP contribution in [0.1, 0.15) is 44.0 Å². The second-order valence-corrected chi connectivity index (χ2v) is 5.35. The van der Waals surface area contributed by atoms with Gasteiger partial charge in [0.1, 0.15) is 23.7 Å². The highest BCUT2D eigenvalue weighted by molar-refractivity contribution is 5.91. The predicted octanol–water partition coefficient (Wildman–Crippen LogP) is 4.46. The molecular weight excluding hydrogens is 280 g/mol. The van der Waals surface area contributed by atoms with E-state index in [-0.39, 0.29) is 5.56 Å². The van der Waals surface area contributed by atoms with E-state index in [4.69, 9.17) is 9.47 Å². The van der Waals surface area contributed by atoms with Gasteiger partial charge in [-0.3, -0.25) is 0 Å². The normalized spacial score (nSPS) is 11.0. The van der Waals surface area contributed by atoms with Gasteiger partial charge in [0.25, 0.3) is 0 Å². The first kappa shape index (κ1) is 17.8. The predicted molar refractivity (Wildman–Crippen MR) is 87.9 cm³/mol. The number of carboxylic acid groups (broad SMARTS) is 1. The lowest BCUT2D eigenvalue weighted by molar-refractivity contribution is 0.0692. The van der Waals surface area contributed by atoms with E-state index in [1.165, 1.54) is 24.3 Å². The molecule has 0 atom stereocenters. The molecule has 0 saturated carbocycles. The number of rotatable bonds is 8. The minimum atomic E-state index is -1.03. The third-order valence-corrected chi connectivity index (χ3v) is 3.18. The Kier molecular flexibility index (Phi) is 7.23. The van der Waals surface area contributed by atoms with Crippen molar-refractivity contribution >= 4 is 5.97 Å². The molecule has 1 aromatic rings. The van der Waals surface area contributed by atoms with Crippen molar-refractivity contribution in [2.45, 2.75) is 33.6 Å². The van der Waals surface area contributed by atoms with Crippen molar-refractivity contribution in [3.63, 3.8) is 0 Å². The quantitative estimate of drug-likeness (QED) is 0.720. The molecule has 0 aliphatic heterocycles. The van der Waals surface area contributed by atoms with Crippen LogP contribution in [-0.4, -0.2) is 24.8 Å². The van der Waals surface area contributed by atoms with Crippen LogP contribution in [0.2, 0.25) is 0 Å². The van der Waals surface area contributed by atoms with E-state index >= 15 is 0 Å². The van der Waals surface area contributed by atoms with E-state index in [0.717, 1.165) is 12.8 Å². The summed E-state index contributed by atoms with van der Waals surface area (Å²) in [5.41, 5.74) is 2.64.